The molecule has 5 rings (SSSR count). The third kappa shape index (κ3) is 2.92. The van der Waals surface area contributed by atoms with Crippen LogP contribution in [-0.2, 0) is 12.9 Å². The average Bonchev–Trinajstić information content (AvgIpc) is 3.17. The van der Waals surface area contributed by atoms with Gasteiger partial charge in [0.25, 0.3) is 0 Å². The van der Waals surface area contributed by atoms with Crippen molar-refractivity contribution in [2.75, 3.05) is 16.7 Å². The number of hydrogen-bond donors (Lipinski definition) is 1. The van der Waals surface area contributed by atoms with Crippen molar-refractivity contribution in [1.29, 1.82) is 0 Å². The van der Waals surface area contributed by atoms with Crippen molar-refractivity contribution >= 4 is 22.8 Å². The van der Waals surface area contributed by atoms with Crippen LogP contribution in [0.2, 0.25) is 0 Å². The minimum absolute atomic E-state index is 0.0879. The molecule has 0 radical (unpaired) electrons. The summed E-state index contributed by atoms with van der Waals surface area (Å²) in [6.07, 6.45) is 4.60. The first-order valence-electron chi connectivity index (χ1n) is 10.8. The van der Waals surface area contributed by atoms with Crippen LogP contribution in [0, 0.1) is 13.8 Å². The molecule has 0 aliphatic carbocycles. The molecule has 5 heterocycles. The van der Waals surface area contributed by atoms with Gasteiger partial charge in [0.2, 0.25) is 0 Å². The monoisotopic (exact) mass is 376 g/mol. The number of fused-ring (bicyclic) bond motifs is 2. The van der Waals surface area contributed by atoms with Gasteiger partial charge in [0.1, 0.15) is 6.33 Å². The Hall–Kier alpha value is -3.55. The van der Waals surface area contributed by atoms with Crippen LogP contribution in [0.3, 0.4) is 0 Å². The molecule has 0 spiro atoms. The fourth-order valence-electron chi connectivity index (χ4n) is 3.08. The molecule has 8 nitrogen and oxygen atoms in total. The maximum absolute atomic E-state index is 8.94. The Balaban J connectivity index is 1.61. The lowest BCUT2D eigenvalue weighted by Gasteiger charge is -2.30. The number of pyridine rings is 2. The van der Waals surface area contributed by atoms with Gasteiger partial charge < -0.3 is 10.2 Å². The van der Waals surface area contributed by atoms with Gasteiger partial charge in [0, 0.05) is 34.0 Å². The molecule has 28 heavy (non-hydrogen) atoms. The summed E-state index contributed by atoms with van der Waals surface area (Å²) in [6, 6.07) is 7.07. The molecule has 4 aromatic heterocycles. The Morgan fingerprint density at radius 1 is 1.21 bits per heavy atom. The molecule has 0 saturated heterocycles. The Labute approximate surface area is 167 Å². The fourth-order valence-corrected chi connectivity index (χ4v) is 3.08. The van der Waals surface area contributed by atoms with Crippen molar-refractivity contribution in [3.8, 4) is 0 Å². The van der Waals surface area contributed by atoms with E-state index in [2.05, 4.69) is 30.6 Å². The largest absolute Gasteiger partial charge is 0.353 e. The third-order valence-corrected chi connectivity index (χ3v) is 4.56. The highest BCUT2D eigenvalue weighted by Gasteiger charge is 2.21. The Kier molecular flexibility index (Phi) is 2.99. The number of hydrogen-bond acceptors (Lipinski definition) is 7. The molecule has 1 N–H and O–H groups in total. The average molecular weight is 376 g/mol. The molecule has 0 fully saturated rings. The second-order valence-corrected chi connectivity index (χ2v) is 6.55. The Morgan fingerprint density at radius 3 is 3.04 bits per heavy atom. The van der Waals surface area contributed by atoms with E-state index in [0.29, 0.717) is 22.6 Å². The highest BCUT2D eigenvalue weighted by atomic mass is 15.4. The number of anilines is 3. The maximum atomic E-state index is 8.94. The topological polar surface area (TPSA) is 84.1 Å². The molecular weight excluding hydrogens is 352 g/mol. The van der Waals surface area contributed by atoms with Crippen molar-refractivity contribution in [2.45, 2.75) is 26.8 Å². The van der Waals surface area contributed by atoms with Crippen LogP contribution in [0.25, 0.3) is 5.65 Å². The summed E-state index contributed by atoms with van der Waals surface area (Å²) in [7, 11) is 0. The number of rotatable bonds is 3. The summed E-state index contributed by atoms with van der Waals surface area (Å²) < 4.78 is 36.6. The predicted octanol–water partition coefficient (Wildman–Crippen LogP) is 2.84. The van der Waals surface area contributed by atoms with Crippen LogP contribution in [0.1, 0.15) is 28.0 Å². The van der Waals surface area contributed by atoms with Crippen LogP contribution in [0.5, 0.6) is 0 Å². The SMILES string of the molecule is [2H]C1([2H])Cc2ncc(Nc3cccnc3C)cc2C([2H])([2H])N1c1nn2cnnc2cc1C. The van der Waals surface area contributed by atoms with E-state index < -0.39 is 13.0 Å². The fraction of sp³-hybridized carbons (Fsp3) is 0.250. The van der Waals surface area contributed by atoms with Crippen LogP contribution >= 0.6 is 0 Å². The molecule has 0 unspecified atom stereocenters. The van der Waals surface area contributed by atoms with Crippen molar-refractivity contribution in [2.24, 2.45) is 0 Å². The summed E-state index contributed by atoms with van der Waals surface area (Å²) in [4.78, 5) is 9.73. The highest BCUT2D eigenvalue weighted by molar-refractivity contribution is 5.62. The number of nitrogens with zero attached hydrogens (tertiary/aromatic N) is 7. The molecule has 0 atom stereocenters. The second kappa shape index (κ2) is 6.56. The van der Waals surface area contributed by atoms with Gasteiger partial charge in [-0.25, -0.2) is 0 Å². The molecule has 1 aliphatic rings. The van der Waals surface area contributed by atoms with Crippen molar-refractivity contribution in [3.05, 3.63) is 65.5 Å². The summed E-state index contributed by atoms with van der Waals surface area (Å²) in [5.74, 6) is 0.180. The molecule has 140 valence electrons. The summed E-state index contributed by atoms with van der Waals surface area (Å²) in [5.41, 5.74) is 3.92. The number of nitrogens with one attached hydrogen (secondary N) is 1. The van der Waals surface area contributed by atoms with E-state index in [1.165, 1.54) is 10.8 Å². The standard InChI is InChI=1S/C20H20N8/c1-13-8-19-25-23-12-28(19)26-20(13)27-7-5-18-15(11-27)9-16(10-22-18)24-17-4-3-6-21-14(17)2/h3-4,6,8-10,12,24H,5,7,11H2,1-2H3/i7D2,11D2. The summed E-state index contributed by atoms with van der Waals surface area (Å²) >= 11 is 0. The molecule has 0 aromatic carbocycles. The van der Waals surface area contributed by atoms with Crippen molar-refractivity contribution < 1.29 is 5.48 Å². The lowest BCUT2D eigenvalue weighted by molar-refractivity contribution is 0.689. The van der Waals surface area contributed by atoms with E-state index in [1.54, 1.807) is 31.5 Å². The van der Waals surface area contributed by atoms with Crippen LogP contribution in [0.4, 0.5) is 17.2 Å². The first-order chi connectivity index (χ1) is 15.2. The van der Waals surface area contributed by atoms with Crippen LogP contribution in [-0.4, -0.2) is 36.3 Å². The predicted molar refractivity (Wildman–Crippen MR) is 107 cm³/mol. The molecule has 0 saturated carbocycles. The first kappa shape index (κ1) is 12.8. The van der Waals surface area contributed by atoms with E-state index in [4.69, 9.17) is 5.48 Å². The van der Waals surface area contributed by atoms with E-state index in [-0.39, 0.29) is 17.8 Å². The minimum Gasteiger partial charge on any atom is -0.353 e. The third-order valence-electron chi connectivity index (χ3n) is 4.56. The number of aromatic nitrogens is 6. The van der Waals surface area contributed by atoms with Crippen LogP contribution < -0.4 is 10.2 Å². The Bertz CT molecular complexity index is 1340. The van der Waals surface area contributed by atoms with Gasteiger partial charge in [-0.3, -0.25) is 9.97 Å². The zero-order chi connectivity index (χ0) is 22.7. The minimum atomic E-state index is -2.22. The molecule has 0 amide bonds. The molecule has 0 bridgehead atoms. The van der Waals surface area contributed by atoms with E-state index in [1.807, 2.05) is 19.1 Å². The normalized spacial score (nSPS) is 19.3. The van der Waals surface area contributed by atoms with Gasteiger partial charge in [-0.15, -0.1) is 15.3 Å². The maximum Gasteiger partial charge on any atom is 0.177 e. The van der Waals surface area contributed by atoms with Crippen molar-refractivity contribution in [3.63, 3.8) is 0 Å². The van der Waals surface area contributed by atoms with Gasteiger partial charge >= 0.3 is 0 Å². The van der Waals surface area contributed by atoms with E-state index in [9.17, 15) is 0 Å². The quantitative estimate of drug-likeness (QED) is 0.588. The van der Waals surface area contributed by atoms with Gasteiger partial charge in [-0.2, -0.15) is 4.52 Å². The van der Waals surface area contributed by atoms with E-state index >= 15 is 0 Å². The van der Waals surface area contributed by atoms with Gasteiger partial charge in [-0.1, -0.05) is 0 Å². The lowest BCUT2D eigenvalue weighted by Crippen LogP contribution is -2.32. The zero-order valence-electron chi connectivity index (χ0n) is 19.4. The highest BCUT2D eigenvalue weighted by Crippen LogP contribution is 2.27. The van der Waals surface area contributed by atoms with Crippen molar-refractivity contribution in [1.82, 2.24) is 29.8 Å². The molecule has 8 heteroatoms. The van der Waals surface area contributed by atoms with Crippen LogP contribution in [0.15, 0.2) is 43.0 Å². The first-order valence-corrected chi connectivity index (χ1v) is 8.83. The number of aryl methyl sites for hydroxylation is 3. The second-order valence-electron chi connectivity index (χ2n) is 6.55. The van der Waals surface area contributed by atoms with Gasteiger partial charge in [0.05, 0.1) is 26.0 Å². The molecule has 1 aliphatic heterocycles. The lowest BCUT2D eigenvalue weighted by atomic mass is 10.0. The summed E-state index contributed by atoms with van der Waals surface area (Å²) in [6.45, 7) is -0.650. The van der Waals surface area contributed by atoms with Gasteiger partial charge in [-0.05, 0) is 49.2 Å². The smallest absolute Gasteiger partial charge is 0.177 e. The van der Waals surface area contributed by atoms with Gasteiger partial charge in [0.15, 0.2) is 11.5 Å². The van der Waals surface area contributed by atoms with E-state index in [0.717, 1.165) is 16.3 Å². The Morgan fingerprint density at radius 2 is 2.14 bits per heavy atom. The zero-order valence-corrected chi connectivity index (χ0v) is 15.4. The summed E-state index contributed by atoms with van der Waals surface area (Å²) in [5, 5.41) is 15.4. The molecule has 4 aromatic rings. The molecular formula is C20H20N8.